The van der Waals surface area contributed by atoms with Gasteiger partial charge in [-0.1, -0.05) is 49.8 Å². The molecule has 0 bridgehead atoms. The van der Waals surface area contributed by atoms with E-state index in [1.807, 2.05) is 42.3 Å². The van der Waals surface area contributed by atoms with Gasteiger partial charge in [-0.25, -0.2) is 10.1 Å². The predicted octanol–water partition coefficient (Wildman–Crippen LogP) is 3.36. The lowest BCUT2D eigenvalue weighted by Gasteiger charge is -2.17. The van der Waals surface area contributed by atoms with Crippen molar-refractivity contribution in [2.24, 2.45) is 5.73 Å². The number of aromatic nitrogens is 6. The zero-order chi connectivity index (χ0) is 36.1. The summed E-state index contributed by atoms with van der Waals surface area (Å²) in [7, 11) is 18.5. The maximum absolute atomic E-state index is 5.52. The van der Waals surface area contributed by atoms with Crippen LogP contribution >= 0.6 is 45.8 Å². The van der Waals surface area contributed by atoms with Crippen molar-refractivity contribution < 1.29 is 9.68 Å². The number of likely N-dealkylation sites (N-methyl/N-ethyl adjacent to an activating group) is 3. The number of anilines is 4. The quantitative estimate of drug-likeness (QED) is 0.145. The van der Waals surface area contributed by atoms with Crippen molar-refractivity contribution in [1.82, 2.24) is 44.6 Å². The van der Waals surface area contributed by atoms with Gasteiger partial charge in [0.15, 0.2) is 0 Å². The van der Waals surface area contributed by atoms with E-state index in [9.17, 15) is 0 Å². The van der Waals surface area contributed by atoms with E-state index in [4.69, 9.17) is 38.6 Å². The molecule has 19 heteroatoms. The number of alkyl halides is 1. The third-order valence-corrected chi connectivity index (χ3v) is 4.90. The number of halogens is 3. The number of hydrogen-bond donors (Lipinski definition) is 3. The van der Waals surface area contributed by atoms with Crippen molar-refractivity contribution >= 4 is 69.6 Å². The Labute approximate surface area is 301 Å². The van der Waals surface area contributed by atoms with Crippen molar-refractivity contribution in [2.45, 2.75) is 27.2 Å². The lowest BCUT2D eigenvalue weighted by molar-refractivity contribution is 0.180. The predicted molar refractivity (Wildman–Crippen MR) is 203 cm³/mol. The minimum absolute atomic E-state index is 0.0360. The van der Waals surface area contributed by atoms with E-state index in [0.717, 1.165) is 39.3 Å². The smallest absolute Gasteiger partial charge is 0.256 e. The number of rotatable bonds is 14. The summed E-state index contributed by atoms with van der Waals surface area (Å²) in [5.74, 6) is 1.78. The second-order valence-corrected chi connectivity index (χ2v) is 12.0. The third kappa shape index (κ3) is 29.7. The first-order chi connectivity index (χ1) is 21.6. The fraction of sp³-hybridized carbons (Fsp3) is 0.778. The molecule has 0 saturated heterocycles. The van der Waals surface area contributed by atoms with Gasteiger partial charge in [-0.15, -0.1) is 0 Å². The monoisotopic (exact) mass is 808 g/mol. The Hall–Kier alpha value is -1.71. The molecule has 2 rings (SSSR count). The van der Waals surface area contributed by atoms with Crippen LogP contribution in [0.3, 0.4) is 0 Å². The van der Waals surface area contributed by atoms with Gasteiger partial charge in [0.25, 0.3) is 11.9 Å². The zero-order valence-electron chi connectivity index (χ0n) is 30.1. The van der Waals surface area contributed by atoms with Gasteiger partial charge in [0.1, 0.15) is 0 Å². The normalized spacial score (nSPS) is 10.0. The fourth-order valence-electron chi connectivity index (χ4n) is 2.32. The molecular formula is C27H59Cl2IN14O2. The van der Waals surface area contributed by atoms with Crippen LogP contribution in [0.5, 0.6) is 0 Å². The molecule has 270 valence electrons. The number of nitrogens with zero attached hydrogens (tertiary/aromatic N) is 11. The average Bonchev–Trinajstić information content (AvgIpc) is 2.97. The van der Waals surface area contributed by atoms with E-state index in [0.29, 0.717) is 17.8 Å². The molecule has 0 aromatic carbocycles. The summed E-state index contributed by atoms with van der Waals surface area (Å²) in [5, 5.41) is 9.28. The minimum atomic E-state index is 0.0360. The van der Waals surface area contributed by atoms with Crippen LogP contribution in [-0.4, -0.2) is 159 Å². The maximum Gasteiger partial charge on any atom is 0.256 e. The molecule has 46 heavy (non-hydrogen) atoms. The highest BCUT2D eigenvalue weighted by Gasteiger charge is 2.10. The van der Waals surface area contributed by atoms with E-state index in [2.05, 4.69) is 98.6 Å². The van der Waals surface area contributed by atoms with Crippen LogP contribution in [0.2, 0.25) is 10.6 Å². The first kappa shape index (κ1) is 48.7. The summed E-state index contributed by atoms with van der Waals surface area (Å²) >= 11 is 13.3. The molecule has 0 spiro atoms. The van der Waals surface area contributed by atoms with Gasteiger partial charge in [0.2, 0.25) is 22.5 Å². The third-order valence-electron chi connectivity index (χ3n) is 4.56. The molecule has 2 heterocycles. The Morgan fingerprint density at radius 3 is 1.22 bits per heavy atom. The molecule has 0 aliphatic rings. The zero-order valence-corrected chi connectivity index (χ0v) is 33.8. The van der Waals surface area contributed by atoms with Gasteiger partial charge < -0.3 is 31.1 Å². The fourth-order valence-corrected chi connectivity index (χ4v) is 2.68. The van der Waals surface area contributed by atoms with E-state index in [-0.39, 0.29) is 16.5 Å². The molecular weight excluding hydrogens is 750 g/mol. The van der Waals surface area contributed by atoms with Gasteiger partial charge in [-0.05, 0) is 69.9 Å². The molecule has 0 amide bonds. The molecule has 4 N–H and O–H groups in total. The SMILES string of the molecule is CCC.CCI.CN(C)CCN.CON(C)c1nc(Cl)nc(Cl)n1.CON(C)c1nc(NCCN(C)C)nc(NCCN(C)C)n1. The van der Waals surface area contributed by atoms with Crippen LogP contribution in [0.4, 0.5) is 23.8 Å². The van der Waals surface area contributed by atoms with E-state index < -0.39 is 0 Å². The largest absolute Gasteiger partial charge is 0.353 e. The standard InChI is InChI=1S/C13H28N8O.C5H6Cl2N4O.C4H12N2.C3H8.C2H5I/c1-19(2)9-7-14-11-16-12(15-8-10-20(3)4)18-13(17-11)21(5)22-6;1-11(12-2)5-9-3(6)8-4(7)10-5;1-6(2)4-3-5;1-3-2;1-2-3/h7-10H2,1-6H3,(H2,14,15,16,17,18);1-2H3;3-5H2,1-2H3;3H2,1-2H3;2H2,1H3. The van der Waals surface area contributed by atoms with Gasteiger partial charge in [0.05, 0.1) is 14.2 Å². The van der Waals surface area contributed by atoms with Crippen LogP contribution < -0.4 is 26.5 Å². The Bertz CT molecular complexity index is 930. The van der Waals surface area contributed by atoms with Crippen LogP contribution in [0.1, 0.15) is 27.2 Å². The van der Waals surface area contributed by atoms with Crippen molar-refractivity contribution in [3.63, 3.8) is 0 Å². The van der Waals surface area contributed by atoms with Crippen molar-refractivity contribution in [3.05, 3.63) is 10.6 Å². The highest BCUT2D eigenvalue weighted by Crippen LogP contribution is 2.13. The molecule has 0 unspecified atom stereocenters. The minimum Gasteiger partial charge on any atom is -0.353 e. The summed E-state index contributed by atoms with van der Waals surface area (Å²) in [6.45, 7) is 11.4. The van der Waals surface area contributed by atoms with Crippen LogP contribution in [0, 0.1) is 0 Å². The summed E-state index contributed by atoms with van der Waals surface area (Å²) in [6, 6.07) is 0. The van der Waals surface area contributed by atoms with Crippen molar-refractivity contribution in [2.75, 3.05) is 135 Å². The molecule has 0 atom stereocenters. The summed E-state index contributed by atoms with van der Waals surface area (Å²) in [6.07, 6.45) is 1.25. The molecule has 0 saturated carbocycles. The second-order valence-electron chi connectivity index (χ2n) is 9.84. The number of hydroxylamine groups is 2. The maximum atomic E-state index is 5.52. The number of hydrogen-bond acceptors (Lipinski definition) is 16. The Morgan fingerprint density at radius 2 is 0.957 bits per heavy atom. The van der Waals surface area contributed by atoms with Gasteiger partial charge in [-0.3, -0.25) is 9.68 Å². The van der Waals surface area contributed by atoms with Crippen LogP contribution in [0.25, 0.3) is 0 Å². The average molecular weight is 810 g/mol. The molecule has 2 aromatic heterocycles. The highest BCUT2D eigenvalue weighted by molar-refractivity contribution is 14.1. The molecule has 0 aliphatic heterocycles. The van der Waals surface area contributed by atoms with Gasteiger partial charge >= 0.3 is 0 Å². The second kappa shape index (κ2) is 31.9. The Morgan fingerprint density at radius 1 is 0.630 bits per heavy atom. The van der Waals surface area contributed by atoms with Crippen LogP contribution in [-0.2, 0) is 9.68 Å². The lowest BCUT2D eigenvalue weighted by Crippen LogP contribution is -2.25. The van der Waals surface area contributed by atoms with E-state index >= 15 is 0 Å². The van der Waals surface area contributed by atoms with E-state index in [1.165, 1.54) is 28.1 Å². The highest BCUT2D eigenvalue weighted by atomic mass is 127. The van der Waals surface area contributed by atoms with Gasteiger partial charge in [0, 0.05) is 53.4 Å². The molecule has 0 fully saturated rings. The van der Waals surface area contributed by atoms with E-state index in [1.54, 1.807) is 21.2 Å². The van der Waals surface area contributed by atoms with Crippen molar-refractivity contribution in [3.8, 4) is 0 Å². The summed E-state index contributed by atoms with van der Waals surface area (Å²) < 4.78 is 1.22. The van der Waals surface area contributed by atoms with Crippen LogP contribution in [0.15, 0.2) is 0 Å². The summed E-state index contributed by atoms with van der Waals surface area (Å²) in [5.41, 5.74) is 5.19. The number of nitrogens with two attached hydrogens (primary N) is 1. The topological polar surface area (TPSA) is 162 Å². The lowest BCUT2D eigenvalue weighted by atomic mass is 10.5. The first-order valence-electron chi connectivity index (χ1n) is 14.7. The molecule has 0 aliphatic carbocycles. The Kier molecular flexibility index (Phi) is 33.7. The molecule has 16 nitrogen and oxygen atoms in total. The van der Waals surface area contributed by atoms with Crippen molar-refractivity contribution in [1.29, 1.82) is 0 Å². The first-order valence-corrected chi connectivity index (χ1v) is 17.0. The molecule has 2 aromatic rings. The molecule has 0 radical (unpaired) electrons. The summed E-state index contributed by atoms with van der Waals surface area (Å²) in [4.78, 5) is 40.4. The van der Waals surface area contributed by atoms with Gasteiger partial charge in [-0.2, -0.15) is 29.9 Å². The number of nitrogens with one attached hydrogen (secondary N) is 2. The Balaban J connectivity index is -0.000000640.